The van der Waals surface area contributed by atoms with Crippen LogP contribution in [0.1, 0.15) is 94.6 Å². The molecular weight excluding hydrogens is 583 g/mol. The second kappa shape index (κ2) is 11.9. The number of carbonyl (C=O) groups is 1. The van der Waals surface area contributed by atoms with Gasteiger partial charge < -0.3 is 20.3 Å². The fourth-order valence-electron chi connectivity index (χ4n) is 6.25. The first-order chi connectivity index (χ1) is 20.5. The van der Waals surface area contributed by atoms with Crippen molar-refractivity contribution >= 4 is 39.1 Å². The van der Waals surface area contributed by atoms with E-state index in [1.165, 1.54) is 38.2 Å². The van der Waals surface area contributed by atoms with Crippen LogP contribution in [-0.2, 0) is 14.8 Å². The number of rotatable bonds is 9. The van der Waals surface area contributed by atoms with Crippen molar-refractivity contribution in [2.75, 3.05) is 18.0 Å². The average molecular weight is 626 g/mol. The predicted molar refractivity (Wildman–Crippen MR) is 171 cm³/mol. The number of ether oxygens (including phenoxy) is 1. The van der Waals surface area contributed by atoms with Gasteiger partial charge in [-0.2, -0.15) is 8.42 Å². The van der Waals surface area contributed by atoms with E-state index in [9.17, 15) is 13.2 Å². The smallest absolute Gasteiger partial charge is 0.281 e. The van der Waals surface area contributed by atoms with E-state index in [0.29, 0.717) is 54.6 Å². The van der Waals surface area contributed by atoms with Crippen LogP contribution in [0.15, 0.2) is 41.4 Å². The van der Waals surface area contributed by atoms with Gasteiger partial charge in [-0.15, -0.1) is 0 Å². The fraction of sp³-hybridized carbons (Fsp3) is 0.594. The quantitative estimate of drug-likeness (QED) is 0.337. The van der Waals surface area contributed by atoms with Gasteiger partial charge in [-0.1, -0.05) is 37.5 Å². The second-order valence-electron chi connectivity index (χ2n) is 13.2. The van der Waals surface area contributed by atoms with Gasteiger partial charge in [0.15, 0.2) is 15.7 Å². The second-order valence-corrected chi connectivity index (χ2v) is 15.2. The number of hydrogen-bond acceptors (Lipinski definition) is 7. The summed E-state index contributed by atoms with van der Waals surface area (Å²) >= 11 is 5.49. The van der Waals surface area contributed by atoms with E-state index in [0.717, 1.165) is 36.8 Å². The third-order valence-electron chi connectivity index (χ3n) is 9.37. The Hall–Kier alpha value is -2.92. The standard InChI is InChI=1S/C32H43N5O4S2/c1-22-11-14-25(23-7-4-3-5-8-23)26(21-22)41-32(15-16-32)29(38)36-43(39,40)28-10-6-9-27(34-28)37-19-17-31(2,18-20-37)35-30(42)33-24-12-13-24/h6,9-11,14,21,23-24H,3-5,7-8,12-13,15-20H2,1-2H3,(H,36,38)(H2,33,35,42). The zero-order chi connectivity index (χ0) is 30.2. The first-order valence-electron chi connectivity index (χ1n) is 15.7. The summed E-state index contributed by atoms with van der Waals surface area (Å²) in [6, 6.07) is 11.6. The number of pyridine rings is 1. The van der Waals surface area contributed by atoms with Crippen molar-refractivity contribution in [1.82, 2.24) is 20.3 Å². The molecule has 3 aliphatic carbocycles. The maximum Gasteiger partial charge on any atom is 0.281 e. The maximum atomic E-state index is 13.4. The lowest BCUT2D eigenvalue weighted by Gasteiger charge is -2.41. The zero-order valence-corrected chi connectivity index (χ0v) is 26.8. The Morgan fingerprint density at radius 2 is 1.74 bits per heavy atom. The molecule has 0 bridgehead atoms. The molecule has 232 valence electrons. The van der Waals surface area contributed by atoms with Crippen LogP contribution in [0, 0.1) is 6.92 Å². The van der Waals surface area contributed by atoms with Crippen LogP contribution >= 0.6 is 12.2 Å². The maximum absolute atomic E-state index is 13.4. The summed E-state index contributed by atoms with van der Waals surface area (Å²) in [5.41, 5.74) is 0.849. The third kappa shape index (κ3) is 7.09. The van der Waals surface area contributed by atoms with E-state index < -0.39 is 21.5 Å². The highest BCUT2D eigenvalue weighted by Crippen LogP contribution is 2.45. The van der Waals surface area contributed by atoms with Crippen molar-refractivity contribution in [3.05, 3.63) is 47.5 Å². The van der Waals surface area contributed by atoms with Crippen LogP contribution in [0.3, 0.4) is 0 Å². The van der Waals surface area contributed by atoms with Crippen LogP contribution in [0.5, 0.6) is 5.75 Å². The van der Waals surface area contributed by atoms with Gasteiger partial charge in [0.2, 0.25) is 0 Å². The Morgan fingerprint density at radius 1 is 1.02 bits per heavy atom. The normalized spacial score (nSPS) is 21.5. The fourth-order valence-corrected chi connectivity index (χ4v) is 7.67. The summed E-state index contributed by atoms with van der Waals surface area (Å²) in [6.45, 7) is 5.57. The minimum Gasteiger partial charge on any atom is -0.477 e. The molecular formula is C32H43N5O4S2. The third-order valence-corrected chi connectivity index (χ3v) is 10.8. The minimum absolute atomic E-state index is 0.139. The first kappa shape index (κ1) is 30.1. The highest BCUT2D eigenvalue weighted by Gasteiger charge is 2.54. The number of nitrogens with one attached hydrogen (secondary N) is 3. The van der Waals surface area contributed by atoms with Gasteiger partial charge in [-0.05, 0) is 99.8 Å². The Labute approximate surface area is 260 Å². The molecule has 0 atom stereocenters. The number of hydrogen-bond donors (Lipinski definition) is 3. The molecule has 6 rings (SSSR count). The topological polar surface area (TPSA) is 113 Å². The molecule has 11 heteroatoms. The summed E-state index contributed by atoms with van der Waals surface area (Å²) in [5.74, 6) is 1.04. The Morgan fingerprint density at radius 3 is 2.42 bits per heavy atom. The summed E-state index contributed by atoms with van der Waals surface area (Å²) in [5, 5.41) is 7.34. The molecule has 1 amide bonds. The van der Waals surface area contributed by atoms with Crippen molar-refractivity contribution in [3.8, 4) is 5.75 Å². The lowest BCUT2D eigenvalue weighted by Crippen LogP contribution is -2.56. The molecule has 1 aromatic carbocycles. The number of amides is 1. The van der Waals surface area contributed by atoms with Gasteiger partial charge in [0.05, 0.1) is 0 Å². The largest absolute Gasteiger partial charge is 0.477 e. The zero-order valence-electron chi connectivity index (χ0n) is 25.2. The number of piperidine rings is 1. The molecule has 1 aromatic heterocycles. The molecule has 43 heavy (non-hydrogen) atoms. The molecule has 0 spiro atoms. The summed E-state index contributed by atoms with van der Waals surface area (Å²) in [6.07, 6.45) is 10.8. The number of aryl methyl sites for hydroxylation is 1. The molecule has 0 radical (unpaired) electrons. The highest BCUT2D eigenvalue weighted by atomic mass is 32.2. The Bertz CT molecular complexity index is 1470. The van der Waals surface area contributed by atoms with E-state index in [2.05, 4.69) is 44.3 Å². The van der Waals surface area contributed by atoms with Crippen molar-refractivity contribution in [3.63, 3.8) is 0 Å². The molecule has 9 nitrogen and oxygen atoms in total. The number of anilines is 1. The number of aromatic nitrogens is 1. The van der Waals surface area contributed by atoms with E-state index >= 15 is 0 Å². The van der Waals surface area contributed by atoms with Crippen LogP contribution in [0.2, 0.25) is 0 Å². The Balaban J connectivity index is 1.10. The minimum atomic E-state index is -4.19. The SMILES string of the molecule is Cc1ccc(C2CCCCC2)c(OC2(C(=O)NS(=O)(=O)c3cccc(N4CCC(C)(NC(=S)NC5CC5)CC4)n3)CC2)c1. The number of carbonyl (C=O) groups excluding carboxylic acids is 1. The van der Waals surface area contributed by atoms with Crippen LogP contribution in [0.25, 0.3) is 0 Å². The first-order valence-corrected chi connectivity index (χ1v) is 17.6. The Kier molecular flexibility index (Phi) is 8.32. The van der Waals surface area contributed by atoms with Gasteiger partial charge in [0, 0.05) is 37.5 Å². The van der Waals surface area contributed by atoms with Crippen molar-refractivity contribution < 1.29 is 17.9 Å². The van der Waals surface area contributed by atoms with Gasteiger partial charge in [-0.25, -0.2) is 9.71 Å². The van der Waals surface area contributed by atoms with Gasteiger partial charge in [-0.3, -0.25) is 4.79 Å². The molecule has 1 aliphatic heterocycles. The summed E-state index contributed by atoms with van der Waals surface area (Å²) in [7, 11) is -4.19. The van der Waals surface area contributed by atoms with Crippen molar-refractivity contribution in [2.24, 2.45) is 0 Å². The summed E-state index contributed by atoms with van der Waals surface area (Å²) in [4.78, 5) is 20.0. The monoisotopic (exact) mass is 625 g/mol. The van der Waals surface area contributed by atoms with E-state index in [-0.39, 0.29) is 10.6 Å². The number of nitrogens with zero attached hydrogens (tertiary/aromatic N) is 2. The highest BCUT2D eigenvalue weighted by molar-refractivity contribution is 7.90. The molecule has 3 N–H and O–H groups in total. The molecule has 2 aromatic rings. The molecule has 1 saturated heterocycles. The van der Waals surface area contributed by atoms with Crippen molar-refractivity contribution in [1.29, 1.82) is 0 Å². The van der Waals surface area contributed by atoms with Gasteiger partial charge >= 0.3 is 0 Å². The lowest BCUT2D eigenvalue weighted by atomic mass is 9.83. The van der Waals surface area contributed by atoms with Gasteiger partial charge in [0.1, 0.15) is 11.6 Å². The average Bonchev–Trinajstić information content (AvgIpc) is 3.92. The van der Waals surface area contributed by atoms with Crippen molar-refractivity contribution in [2.45, 2.75) is 113 Å². The molecule has 0 unspecified atom stereocenters. The predicted octanol–water partition coefficient (Wildman–Crippen LogP) is 4.84. The summed E-state index contributed by atoms with van der Waals surface area (Å²) < 4.78 is 35.5. The number of benzene rings is 1. The molecule has 4 fully saturated rings. The lowest BCUT2D eigenvalue weighted by molar-refractivity contribution is -0.128. The van der Waals surface area contributed by atoms with E-state index in [4.69, 9.17) is 17.0 Å². The van der Waals surface area contributed by atoms with Crippen LogP contribution < -0.4 is 25.0 Å². The number of sulfonamides is 1. The molecule has 4 aliphatic rings. The van der Waals surface area contributed by atoms with Crippen LogP contribution in [0.4, 0.5) is 5.82 Å². The molecule has 3 saturated carbocycles. The van der Waals surface area contributed by atoms with E-state index in [1.54, 1.807) is 6.07 Å². The van der Waals surface area contributed by atoms with E-state index in [1.807, 2.05) is 19.1 Å². The molecule has 2 heterocycles. The number of thiocarbonyl (C=S) groups is 1. The van der Waals surface area contributed by atoms with Crippen LogP contribution in [-0.4, -0.2) is 54.7 Å². The van der Waals surface area contributed by atoms with Gasteiger partial charge in [0.25, 0.3) is 15.9 Å².